The highest BCUT2D eigenvalue weighted by Gasteiger charge is 2.15. The Balaban J connectivity index is 2.15. The Hall–Kier alpha value is -2.00. The van der Waals surface area contributed by atoms with Crippen LogP contribution < -0.4 is 10.1 Å². The molecule has 2 aromatic rings. The van der Waals surface area contributed by atoms with E-state index in [9.17, 15) is 4.79 Å². The molecule has 0 fully saturated rings. The van der Waals surface area contributed by atoms with Gasteiger partial charge in [0, 0.05) is 6.54 Å². The number of rotatable bonds is 5. The van der Waals surface area contributed by atoms with Crippen molar-refractivity contribution >= 4 is 17.5 Å². The number of carbonyl (C=O) groups excluding carboxylic acids is 1. The lowest BCUT2D eigenvalue weighted by atomic mass is 10.1. The fourth-order valence-corrected chi connectivity index (χ4v) is 2.19. The molecule has 0 heterocycles. The van der Waals surface area contributed by atoms with Crippen LogP contribution >= 0.6 is 11.6 Å². The van der Waals surface area contributed by atoms with Crippen LogP contribution in [0.3, 0.4) is 0 Å². The van der Waals surface area contributed by atoms with Gasteiger partial charge in [0.25, 0.3) is 5.91 Å². The molecule has 0 spiro atoms. The van der Waals surface area contributed by atoms with Crippen molar-refractivity contribution in [2.24, 2.45) is 0 Å². The first kappa shape index (κ1) is 15.4. The van der Waals surface area contributed by atoms with E-state index in [1.807, 2.05) is 49.4 Å². The molecule has 0 aliphatic heterocycles. The van der Waals surface area contributed by atoms with Crippen LogP contribution in [0.1, 0.15) is 13.8 Å². The largest absolute Gasteiger partial charge is 0.479 e. The maximum Gasteiger partial charge on any atom is 0.260 e. The summed E-state index contributed by atoms with van der Waals surface area (Å²) < 4.78 is 5.61. The van der Waals surface area contributed by atoms with Gasteiger partial charge in [0.1, 0.15) is 5.75 Å². The third-order valence-electron chi connectivity index (χ3n) is 3.06. The molecule has 1 atom stereocenters. The molecule has 0 unspecified atom stereocenters. The molecule has 0 aliphatic carbocycles. The molecule has 2 aromatic carbocycles. The summed E-state index contributed by atoms with van der Waals surface area (Å²) in [6, 6.07) is 15.5. The van der Waals surface area contributed by atoms with E-state index in [1.165, 1.54) is 0 Å². The van der Waals surface area contributed by atoms with E-state index in [1.54, 1.807) is 13.0 Å². The molecule has 0 aliphatic rings. The van der Waals surface area contributed by atoms with Crippen molar-refractivity contribution in [3.05, 3.63) is 53.6 Å². The summed E-state index contributed by atoms with van der Waals surface area (Å²) in [4.78, 5) is 11.7. The zero-order valence-corrected chi connectivity index (χ0v) is 12.9. The topological polar surface area (TPSA) is 38.3 Å². The van der Waals surface area contributed by atoms with Gasteiger partial charge in [0.2, 0.25) is 0 Å². The molecule has 0 aromatic heterocycles. The fraction of sp³-hybridized carbons (Fsp3) is 0.235. The van der Waals surface area contributed by atoms with Crippen LogP contribution in [0.4, 0.5) is 0 Å². The number of ether oxygens (including phenoxy) is 1. The average Bonchev–Trinajstić information content (AvgIpc) is 2.50. The lowest BCUT2D eigenvalue weighted by Crippen LogP contribution is -2.36. The number of nitrogens with one attached hydrogen (secondary N) is 1. The van der Waals surface area contributed by atoms with E-state index in [4.69, 9.17) is 16.3 Å². The SMILES string of the molecule is CCNC(=O)[C@H](C)Oc1ccc(-c2ccccc2)cc1Cl. The number of hydrogen-bond acceptors (Lipinski definition) is 2. The summed E-state index contributed by atoms with van der Waals surface area (Å²) in [5.74, 6) is 0.357. The second-order valence-electron chi connectivity index (χ2n) is 4.67. The number of carbonyl (C=O) groups is 1. The molecule has 110 valence electrons. The van der Waals surface area contributed by atoms with Gasteiger partial charge in [-0.05, 0) is 37.1 Å². The molecule has 21 heavy (non-hydrogen) atoms. The maximum absolute atomic E-state index is 11.7. The Bertz CT molecular complexity index is 613. The molecular weight excluding hydrogens is 286 g/mol. The van der Waals surface area contributed by atoms with Gasteiger partial charge in [-0.15, -0.1) is 0 Å². The first-order valence-electron chi connectivity index (χ1n) is 6.91. The van der Waals surface area contributed by atoms with Gasteiger partial charge in [0.05, 0.1) is 5.02 Å². The number of likely N-dealkylation sites (N-methyl/N-ethyl adjacent to an activating group) is 1. The Morgan fingerprint density at radius 2 is 1.90 bits per heavy atom. The smallest absolute Gasteiger partial charge is 0.260 e. The molecule has 3 nitrogen and oxygen atoms in total. The molecule has 4 heteroatoms. The third kappa shape index (κ3) is 3.99. The molecule has 1 amide bonds. The molecule has 1 N–H and O–H groups in total. The summed E-state index contributed by atoms with van der Waals surface area (Å²) in [6.07, 6.45) is -0.579. The number of halogens is 1. The highest BCUT2D eigenvalue weighted by Crippen LogP contribution is 2.30. The Labute approximate surface area is 129 Å². The lowest BCUT2D eigenvalue weighted by molar-refractivity contribution is -0.127. The van der Waals surface area contributed by atoms with Gasteiger partial charge >= 0.3 is 0 Å². The minimum Gasteiger partial charge on any atom is -0.479 e. The highest BCUT2D eigenvalue weighted by atomic mass is 35.5. The zero-order valence-electron chi connectivity index (χ0n) is 12.1. The average molecular weight is 304 g/mol. The van der Waals surface area contributed by atoms with Gasteiger partial charge in [-0.2, -0.15) is 0 Å². The monoisotopic (exact) mass is 303 g/mol. The van der Waals surface area contributed by atoms with Crippen LogP contribution in [0.25, 0.3) is 11.1 Å². The molecule has 0 bridgehead atoms. The first-order chi connectivity index (χ1) is 10.1. The van der Waals surface area contributed by atoms with Gasteiger partial charge in [-0.25, -0.2) is 0 Å². The van der Waals surface area contributed by atoms with Crippen LogP contribution in [-0.4, -0.2) is 18.6 Å². The minimum atomic E-state index is -0.579. The zero-order chi connectivity index (χ0) is 15.2. The Morgan fingerprint density at radius 1 is 1.19 bits per heavy atom. The van der Waals surface area contributed by atoms with Crippen LogP contribution in [0.2, 0.25) is 5.02 Å². The van der Waals surface area contributed by atoms with Crippen LogP contribution in [-0.2, 0) is 4.79 Å². The Morgan fingerprint density at radius 3 is 2.52 bits per heavy atom. The molecule has 0 saturated heterocycles. The van der Waals surface area contributed by atoms with E-state index in [2.05, 4.69) is 5.32 Å². The summed E-state index contributed by atoms with van der Waals surface area (Å²) in [5, 5.41) is 3.21. The van der Waals surface area contributed by atoms with E-state index >= 15 is 0 Å². The minimum absolute atomic E-state index is 0.152. The first-order valence-corrected chi connectivity index (χ1v) is 7.29. The van der Waals surface area contributed by atoms with E-state index in [-0.39, 0.29) is 5.91 Å². The second kappa shape index (κ2) is 7.14. The van der Waals surface area contributed by atoms with Gasteiger partial charge in [-0.1, -0.05) is 48.0 Å². The normalized spacial score (nSPS) is 11.8. The van der Waals surface area contributed by atoms with Gasteiger partial charge in [-0.3, -0.25) is 4.79 Å². The quantitative estimate of drug-likeness (QED) is 0.909. The van der Waals surface area contributed by atoms with E-state index in [0.717, 1.165) is 11.1 Å². The second-order valence-corrected chi connectivity index (χ2v) is 5.07. The van der Waals surface area contributed by atoms with Crippen molar-refractivity contribution in [2.75, 3.05) is 6.54 Å². The van der Waals surface area contributed by atoms with Crippen LogP contribution in [0.5, 0.6) is 5.75 Å². The maximum atomic E-state index is 11.7. The molecule has 0 radical (unpaired) electrons. The molecule has 0 saturated carbocycles. The highest BCUT2D eigenvalue weighted by molar-refractivity contribution is 6.32. The summed E-state index contributed by atoms with van der Waals surface area (Å²) >= 11 is 6.25. The lowest BCUT2D eigenvalue weighted by Gasteiger charge is -2.15. The van der Waals surface area contributed by atoms with Crippen molar-refractivity contribution in [2.45, 2.75) is 20.0 Å². The van der Waals surface area contributed by atoms with Crippen LogP contribution in [0, 0.1) is 0 Å². The number of hydrogen-bond donors (Lipinski definition) is 1. The van der Waals surface area contributed by atoms with Crippen molar-refractivity contribution in [1.82, 2.24) is 5.32 Å². The number of benzene rings is 2. The molecule has 2 rings (SSSR count). The number of amides is 1. The predicted molar refractivity (Wildman–Crippen MR) is 85.7 cm³/mol. The van der Waals surface area contributed by atoms with Crippen molar-refractivity contribution < 1.29 is 9.53 Å². The summed E-state index contributed by atoms with van der Waals surface area (Å²) in [6.45, 7) is 4.14. The third-order valence-corrected chi connectivity index (χ3v) is 3.36. The Kier molecular flexibility index (Phi) is 5.23. The van der Waals surface area contributed by atoms with Crippen molar-refractivity contribution in [3.8, 4) is 16.9 Å². The van der Waals surface area contributed by atoms with E-state index in [0.29, 0.717) is 17.3 Å². The van der Waals surface area contributed by atoms with E-state index < -0.39 is 6.10 Å². The molecular formula is C17H18ClNO2. The van der Waals surface area contributed by atoms with Crippen LogP contribution in [0.15, 0.2) is 48.5 Å². The standard InChI is InChI=1S/C17H18ClNO2/c1-3-19-17(20)12(2)21-16-10-9-14(11-15(16)18)13-7-5-4-6-8-13/h4-12H,3H2,1-2H3,(H,19,20)/t12-/m0/s1. The van der Waals surface area contributed by atoms with Crippen molar-refractivity contribution in [1.29, 1.82) is 0 Å². The van der Waals surface area contributed by atoms with Gasteiger partial charge < -0.3 is 10.1 Å². The summed E-state index contributed by atoms with van der Waals surface area (Å²) in [5.41, 5.74) is 2.10. The van der Waals surface area contributed by atoms with Crippen molar-refractivity contribution in [3.63, 3.8) is 0 Å². The fourth-order valence-electron chi connectivity index (χ4n) is 1.97. The van der Waals surface area contributed by atoms with Gasteiger partial charge in [0.15, 0.2) is 6.10 Å². The summed E-state index contributed by atoms with van der Waals surface area (Å²) in [7, 11) is 0. The predicted octanol–water partition coefficient (Wildman–Crippen LogP) is 3.91.